The summed E-state index contributed by atoms with van der Waals surface area (Å²) in [6.07, 6.45) is 8.86. The minimum Gasteiger partial charge on any atom is -0.460 e. The Labute approximate surface area is 316 Å². The number of hydrogen-bond donors (Lipinski definition) is 2. The van der Waals surface area contributed by atoms with E-state index in [0.717, 1.165) is 68.3 Å². The summed E-state index contributed by atoms with van der Waals surface area (Å²) in [4.78, 5) is 34.1. The van der Waals surface area contributed by atoms with E-state index in [-0.39, 0.29) is 17.9 Å². The van der Waals surface area contributed by atoms with Crippen molar-refractivity contribution in [2.75, 3.05) is 36.4 Å². The molecule has 0 atom stereocenters. The standard InChI is InChI=1S/C42H50N8O4/c1-41(2,3)54-39(51)18-9-28-7-10-31(11-8-28)47-19-21-48(22-20-47)32-12-14-33(15-13-32)49-27-29-23-37(35(42(4,5)53)25-36(29)46-49)45-40(52)38-17-16-34-24-30(43-6)26-44-50(34)38/h7-8,10-11,16-17,23-27,32-33,53H,9,12-15,18-22H2,1-5H3,(H,45,52). The van der Waals surface area contributed by atoms with Crippen LogP contribution in [0.4, 0.5) is 17.1 Å². The molecule has 3 aromatic heterocycles. The first-order valence-corrected chi connectivity index (χ1v) is 19.0. The average molecular weight is 731 g/mol. The van der Waals surface area contributed by atoms with E-state index < -0.39 is 11.2 Å². The van der Waals surface area contributed by atoms with Crippen LogP contribution in [0.25, 0.3) is 21.3 Å². The molecule has 12 nitrogen and oxygen atoms in total. The highest BCUT2D eigenvalue weighted by molar-refractivity contribution is 6.05. The first-order chi connectivity index (χ1) is 25.7. The Morgan fingerprint density at radius 1 is 0.944 bits per heavy atom. The molecule has 7 rings (SSSR count). The molecule has 0 radical (unpaired) electrons. The number of carbonyl (C=O) groups is 2. The molecular formula is C42H50N8O4. The second-order valence-corrected chi connectivity index (χ2v) is 16.2. The van der Waals surface area contributed by atoms with E-state index in [2.05, 4.69) is 60.2 Å². The van der Waals surface area contributed by atoms with Crippen LogP contribution in [0.15, 0.2) is 67.0 Å². The van der Waals surface area contributed by atoms with Crippen molar-refractivity contribution in [2.45, 2.75) is 96.4 Å². The van der Waals surface area contributed by atoms with Gasteiger partial charge in [0.15, 0.2) is 0 Å². The third kappa shape index (κ3) is 8.27. The number of aromatic nitrogens is 4. The van der Waals surface area contributed by atoms with Crippen LogP contribution in [0.5, 0.6) is 0 Å². The van der Waals surface area contributed by atoms with Gasteiger partial charge in [-0.25, -0.2) is 9.36 Å². The van der Waals surface area contributed by atoms with E-state index in [0.29, 0.717) is 47.0 Å². The zero-order valence-corrected chi connectivity index (χ0v) is 31.9. The molecule has 12 heteroatoms. The van der Waals surface area contributed by atoms with Gasteiger partial charge in [0.05, 0.1) is 35.4 Å². The molecule has 5 aromatic rings. The topological polar surface area (TPSA) is 122 Å². The number of ether oxygens (including phenoxy) is 1. The average Bonchev–Trinajstić information content (AvgIpc) is 3.77. The maximum absolute atomic E-state index is 13.5. The van der Waals surface area contributed by atoms with Gasteiger partial charge in [0.1, 0.15) is 11.3 Å². The summed E-state index contributed by atoms with van der Waals surface area (Å²) in [6, 6.07) is 18.4. The second-order valence-electron chi connectivity index (χ2n) is 16.2. The maximum atomic E-state index is 13.5. The van der Waals surface area contributed by atoms with Crippen LogP contribution in [0.1, 0.15) is 94.4 Å². The molecule has 2 aromatic carbocycles. The number of nitrogens with one attached hydrogen (secondary N) is 1. The lowest BCUT2D eigenvalue weighted by atomic mass is 9.90. The van der Waals surface area contributed by atoms with E-state index in [1.54, 1.807) is 32.0 Å². The molecule has 2 fully saturated rings. The van der Waals surface area contributed by atoms with Gasteiger partial charge in [0, 0.05) is 67.2 Å². The largest absolute Gasteiger partial charge is 0.460 e. The Balaban J connectivity index is 0.947. The first-order valence-electron chi connectivity index (χ1n) is 19.0. The molecule has 282 valence electrons. The lowest BCUT2D eigenvalue weighted by molar-refractivity contribution is -0.154. The fourth-order valence-corrected chi connectivity index (χ4v) is 7.84. The Kier molecular flexibility index (Phi) is 10.2. The van der Waals surface area contributed by atoms with Gasteiger partial charge >= 0.3 is 5.97 Å². The van der Waals surface area contributed by atoms with Crippen molar-refractivity contribution < 1.29 is 19.4 Å². The van der Waals surface area contributed by atoms with Gasteiger partial charge in [0.25, 0.3) is 5.91 Å². The zero-order chi connectivity index (χ0) is 38.2. The monoisotopic (exact) mass is 730 g/mol. The molecule has 1 aliphatic carbocycles. The van der Waals surface area contributed by atoms with Gasteiger partial charge in [0.2, 0.25) is 5.69 Å². The summed E-state index contributed by atoms with van der Waals surface area (Å²) in [6.45, 7) is 20.4. The molecule has 0 unspecified atom stereocenters. The van der Waals surface area contributed by atoms with Crippen molar-refractivity contribution in [3.05, 3.63) is 95.2 Å². The van der Waals surface area contributed by atoms with Crippen LogP contribution in [0.2, 0.25) is 0 Å². The van der Waals surface area contributed by atoms with Crippen molar-refractivity contribution >= 4 is 45.4 Å². The second kappa shape index (κ2) is 14.9. The highest BCUT2D eigenvalue weighted by Crippen LogP contribution is 2.36. The van der Waals surface area contributed by atoms with Crippen LogP contribution in [-0.2, 0) is 21.6 Å². The van der Waals surface area contributed by atoms with Crippen molar-refractivity contribution in [2.24, 2.45) is 0 Å². The Morgan fingerprint density at radius 3 is 2.31 bits per heavy atom. The Bertz CT molecular complexity index is 2190. The number of aryl methyl sites for hydroxylation is 1. The molecule has 2 aliphatic rings. The molecular weight excluding hydrogens is 681 g/mol. The minimum absolute atomic E-state index is 0.160. The van der Waals surface area contributed by atoms with Crippen molar-refractivity contribution in [1.82, 2.24) is 24.3 Å². The van der Waals surface area contributed by atoms with E-state index in [1.165, 1.54) is 16.4 Å². The summed E-state index contributed by atoms with van der Waals surface area (Å²) in [7, 11) is 0. The third-order valence-corrected chi connectivity index (χ3v) is 10.6. The van der Waals surface area contributed by atoms with Crippen LogP contribution in [0, 0.1) is 6.57 Å². The molecule has 1 amide bonds. The quantitative estimate of drug-likeness (QED) is 0.120. The predicted molar refractivity (Wildman–Crippen MR) is 210 cm³/mol. The fraction of sp³-hybridized carbons (Fsp3) is 0.452. The number of carbonyl (C=O) groups excluding carboxylic acids is 2. The highest BCUT2D eigenvalue weighted by atomic mass is 16.6. The lowest BCUT2D eigenvalue weighted by Crippen LogP contribution is -2.51. The summed E-state index contributed by atoms with van der Waals surface area (Å²) < 4.78 is 9.04. The van der Waals surface area contributed by atoms with Gasteiger partial charge in [-0.15, -0.1) is 0 Å². The number of anilines is 2. The number of hydrogen-bond acceptors (Lipinski definition) is 8. The number of benzene rings is 2. The summed E-state index contributed by atoms with van der Waals surface area (Å²) in [5.41, 5.74) is 3.96. The van der Waals surface area contributed by atoms with Crippen LogP contribution >= 0.6 is 0 Å². The number of esters is 1. The van der Waals surface area contributed by atoms with Crippen LogP contribution < -0.4 is 10.2 Å². The number of nitrogens with zero attached hydrogens (tertiary/aromatic N) is 7. The number of fused-ring (bicyclic) bond motifs is 2. The molecule has 1 saturated heterocycles. The molecule has 2 N–H and O–H groups in total. The summed E-state index contributed by atoms with van der Waals surface area (Å²) >= 11 is 0. The normalized spacial score (nSPS) is 18.5. The van der Waals surface area contributed by atoms with Gasteiger partial charge in [-0.1, -0.05) is 12.1 Å². The van der Waals surface area contributed by atoms with Gasteiger partial charge in [-0.05, 0) is 115 Å². The highest BCUT2D eigenvalue weighted by Gasteiger charge is 2.30. The zero-order valence-electron chi connectivity index (χ0n) is 31.9. The van der Waals surface area contributed by atoms with Crippen LogP contribution in [0.3, 0.4) is 0 Å². The Hall–Kier alpha value is -5.25. The van der Waals surface area contributed by atoms with Gasteiger partial charge in [-0.3, -0.25) is 19.2 Å². The van der Waals surface area contributed by atoms with E-state index in [1.807, 2.05) is 32.9 Å². The number of piperazine rings is 1. The molecule has 54 heavy (non-hydrogen) atoms. The van der Waals surface area contributed by atoms with E-state index >= 15 is 0 Å². The molecule has 1 saturated carbocycles. The van der Waals surface area contributed by atoms with E-state index in [9.17, 15) is 14.7 Å². The summed E-state index contributed by atoms with van der Waals surface area (Å²) in [5, 5.41) is 24.3. The lowest BCUT2D eigenvalue weighted by Gasteiger charge is -2.42. The van der Waals surface area contributed by atoms with Crippen LogP contribution in [-0.4, -0.2) is 79.1 Å². The SMILES string of the molecule is [C-]#[N+]c1cnn2c(C(=O)Nc3cc4cn(C5CCC(N6CCN(c7ccc(CCC(=O)OC(C)(C)C)cc7)CC6)CC5)nc4cc3C(C)(C)O)ccc2c1. The van der Waals surface area contributed by atoms with Gasteiger partial charge in [-0.2, -0.15) is 10.2 Å². The molecule has 0 spiro atoms. The predicted octanol–water partition coefficient (Wildman–Crippen LogP) is 7.29. The van der Waals surface area contributed by atoms with E-state index in [4.69, 9.17) is 16.4 Å². The smallest absolute Gasteiger partial charge is 0.306 e. The van der Waals surface area contributed by atoms with Gasteiger partial charge < -0.3 is 20.1 Å². The van der Waals surface area contributed by atoms with Crippen molar-refractivity contribution in [3.63, 3.8) is 0 Å². The molecule has 1 aliphatic heterocycles. The van der Waals surface area contributed by atoms with Crippen molar-refractivity contribution in [3.8, 4) is 0 Å². The molecule has 4 heterocycles. The summed E-state index contributed by atoms with van der Waals surface area (Å²) in [5.74, 6) is -0.522. The van der Waals surface area contributed by atoms with Crippen molar-refractivity contribution in [1.29, 1.82) is 0 Å². The third-order valence-electron chi connectivity index (χ3n) is 10.6. The molecule has 0 bridgehead atoms. The number of aliphatic hydroxyl groups is 1. The minimum atomic E-state index is -1.22. The Morgan fingerprint density at radius 2 is 1.65 bits per heavy atom. The first kappa shape index (κ1) is 37.1. The maximum Gasteiger partial charge on any atom is 0.306 e. The number of amides is 1. The fourth-order valence-electron chi connectivity index (χ4n) is 7.84. The number of rotatable bonds is 9.